The van der Waals surface area contributed by atoms with Gasteiger partial charge in [0.25, 0.3) is 0 Å². The monoisotopic (exact) mass is 640 g/mol. The minimum absolute atomic E-state index is 0.0200. The van der Waals surface area contributed by atoms with Gasteiger partial charge in [0.1, 0.15) is 33.4 Å². The van der Waals surface area contributed by atoms with Crippen LogP contribution in [0.4, 0.5) is 4.48 Å². The Bertz CT molecular complexity index is 678. The predicted molar refractivity (Wildman–Crippen MR) is 174 cm³/mol. The molecule has 0 aromatic heterocycles. The number of unbranched alkanes of at least 4 members (excludes halogenated alkanes) is 18. The summed E-state index contributed by atoms with van der Waals surface area (Å²) >= 11 is 0. The molecule has 258 valence electrons. The van der Waals surface area contributed by atoms with Gasteiger partial charge in [-0.15, -0.1) is 4.71 Å². The van der Waals surface area contributed by atoms with Crippen LogP contribution in [0.1, 0.15) is 142 Å². The van der Waals surface area contributed by atoms with E-state index in [4.69, 9.17) is 23.6 Å². The van der Waals surface area contributed by atoms with Crippen molar-refractivity contribution < 1.29 is 42.2 Å². The van der Waals surface area contributed by atoms with Gasteiger partial charge in [-0.3, -0.25) is 9.36 Å². The number of aliphatic carboxylic acids is 1. The van der Waals surface area contributed by atoms with Gasteiger partial charge in [-0.2, -0.15) is 0 Å². The van der Waals surface area contributed by atoms with Crippen LogP contribution in [0.2, 0.25) is 0 Å². The largest absolute Gasteiger partial charge is 0.481 e. The van der Waals surface area contributed by atoms with E-state index in [1.54, 1.807) is 0 Å². The summed E-state index contributed by atoms with van der Waals surface area (Å²) in [4.78, 5) is 10.7. The van der Waals surface area contributed by atoms with E-state index >= 15 is 0 Å². The van der Waals surface area contributed by atoms with Crippen molar-refractivity contribution in [2.24, 2.45) is 0 Å². The molecule has 0 saturated carbocycles. The van der Waals surface area contributed by atoms with Gasteiger partial charge in [-0.1, -0.05) is 116 Å². The fourth-order valence-corrected chi connectivity index (χ4v) is 5.70. The topological polar surface area (TPSA) is 91.3 Å². The molecular formula is C33H68FNO7P+. The third-order valence-electron chi connectivity index (χ3n) is 7.53. The first-order valence-electron chi connectivity index (χ1n) is 17.4. The van der Waals surface area contributed by atoms with Gasteiger partial charge in [0.05, 0.1) is 13.2 Å². The Morgan fingerprint density at radius 1 is 0.698 bits per heavy atom. The molecule has 0 bridgehead atoms. The van der Waals surface area contributed by atoms with Crippen molar-refractivity contribution in [2.45, 2.75) is 148 Å². The first kappa shape index (κ1) is 42.4. The van der Waals surface area contributed by atoms with Gasteiger partial charge in [0, 0.05) is 26.3 Å². The zero-order valence-corrected chi connectivity index (χ0v) is 29.2. The maximum Gasteiger partial charge on any atom is 0.327 e. The Morgan fingerprint density at radius 3 is 1.63 bits per heavy atom. The van der Waals surface area contributed by atoms with Crippen LogP contribution < -0.4 is 0 Å². The third-order valence-corrected chi connectivity index (χ3v) is 8.80. The summed E-state index contributed by atoms with van der Waals surface area (Å²) in [5.41, 5.74) is 0. The molecule has 10 heteroatoms. The number of carbonyl (C=O) groups is 1. The van der Waals surface area contributed by atoms with E-state index < -0.39 is 24.4 Å². The number of halogens is 1. The smallest absolute Gasteiger partial charge is 0.327 e. The molecule has 0 aliphatic rings. The van der Waals surface area contributed by atoms with E-state index in [1.165, 1.54) is 123 Å². The Labute approximate surface area is 263 Å². The summed E-state index contributed by atoms with van der Waals surface area (Å²) in [6.45, 7) is 5.01. The molecule has 0 fully saturated rings. The number of ether oxygens (including phenoxy) is 2. The quantitative estimate of drug-likeness (QED) is 0.0425. The number of nitrogens with zero attached hydrogens (tertiary/aromatic N) is 1. The van der Waals surface area contributed by atoms with E-state index in [0.717, 1.165) is 12.8 Å². The van der Waals surface area contributed by atoms with Crippen molar-refractivity contribution in [3.63, 3.8) is 0 Å². The number of carboxylic acids is 1. The fraction of sp³-hybridized carbons (Fsp3) is 0.970. The van der Waals surface area contributed by atoms with E-state index in [-0.39, 0.29) is 26.2 Å². The van der Waals surface area contributed by atoms with Crippen LogP contribution in [0, 0.1) is 0 Å². The molecule has 0 rings (SSSR count). The molecule has 0 heterocycles. The SMILES string of the molecule is CCCCCCCCCCCCCCCCCCCCOCC(COP(C)(=O)OCC[N+](C)(C)F)OCCCCC(=O)O. The summed E-state index contributed by atoms with van der Waals surface area (Å²) in [7, 11) is -0.589. The second kappa shape index (κ2) is 28.9. The molecule has 0 aliphatic heterocycles. The van der Waals surface area contributed by atoms with Gasteiger partial charge in [0.15, 0.2) is 0 Å². The highest BCUT2D eigenvalue weighted by Gasteiger charge is 2.23. The molecule has 0 aromatic rings. The lowest BCUT2D eigenvalue weighted by atomic mass is 10.0. The number of rotatable bonds is 34. The van der Waals surface area contributed by atoms with Gasteiger partial charge in [0.2, 0.25) is 0 Å². The first-order chi connectivity index (χ1) is 20.6. The predicted octanol–water partition coefficient (Wildman–Crippen LogP) is 9.50. The van der Waals surface area contributed by atoms with Crippen molar-refractivity contribution in [1.29, 1.82) is 0 Å². The van der Waals surface area contributed by atoms with Crippen molar-refractivity contribution in [3.8, 4) is 0 Å². The molecule has 43 heavy (non-hydrogen) atoms. The molecule has 0 saturated heterocycles. The number of carboxylic acid groups (broad SMARTS) is 1. The molecular weight excluding hydrogens is 572 g/mol. The first-order valence-corrected chi connectivity index (χ1v) is 19.3. The second-order valence-electron chi connectivity index (χ2n) is 12.6. The van der Waals surface area contributed by atoms with E-state index in [2.05, 4.69) is 6.92 Å². The highest BCUT2D eigenvalue weighted by Crippen LogP contribution is 2.43. The van der Waals surface area contributed by atoms with Crippen LogP contribution in [0.5, 0.6) is 0 Å². The van der Waals surface area contributed by atoms with Crippen LogP contribution in [0.3, 0.4) is 0 Å². The average Bonchev–Trinajstić information content (AvgIpc) is 2.93. The lowest BCUT2D eigenvalue weighted by Crippen LogP contribution is -2.33. The van der Waals surface area contributed by atoms with Crippen LogP contribution >= 0.6 is 7.60 Å². The van der Waals surface area contributed by atoms with Gasteiger partial charge in [-0.05, 0) is 23.7 Å². The maximum atomic E-state index is 13.6. The Morgan fingerprint density at radius 2 is 1.16 bits per heavy atom. The standard InChI is InChI=1S/C33H67FNO7P/c1-5-6-7-8-9-10-11-12-13-14-15-16-17-18-19-20-21-23-27-39-30-32(40-28-24-22-25-33(36)37)31-42-43(4,38)41-29-26-35(2,3)34/h32H,5-31H2,1-4H3/p+1. The highest BCUT2D eigenvalue weighted by molar-refractivity contribution is 7.52. The lowest BCUT2D eigenvalue weighted by molar-refractivity contribution is -1.02. The normalized spacial score (nSPS) is 14.2. The van der Waals surface area contributed by atoms with Crippen molar-refractivity contribution in [3.05, 3.63) is 0 Å². The molecule has 8 nitrogen and oxygen atoms in total. The average molecular weight is 641 g/mol. The number of hydrogen-bond donors (Lipinski definition) is 1. The second-order valence-corrected chi connectivity index (χ2v) is 14.6. The Hall–Kier alpha value is -0.570. The zero-order chi connectivity index (χ0) is 32.1. The third kappa shape index (κ3) is 34.1. The zero-order valence-electron chi connectivity index (χ0n) is 28.3. The van der Waals surface area contributed by atoms with E-state index in [0.29, 0.717) is 32.7 Å². The molecule has 2 unspecified atom stereocenters. The minimum atomic E-state index is -3.36. The van der Waals surface area contributed by atoms with Crippen LogP contribution in [0.25, 0.3) is 0 Å². The molecule has 0 amide bonds. The molecule has 0 spiro atoms. The summed E-state index contributed by atoms with van der Waals surface area (Å²) in [6.07, 6.45) is 24.9. The van der Waals surface area contributed by atoms with Crippen LogP contribution in [0.15, 0.2) is 0 Å². The fourth-order valence-electron chi connectivity index (χ4n) is 4.77. The Balaban J connectivity index is 3.89. The number of likely N-dealkylation sites (N-methyl/N-ethyl adjacent to an activating group) is 1. The maximum absolute atomic E-state index is 13.6. The molecule has 0 radical (unpaired) electrons. The van der Waals surface area contributed by atoms with Crippen molar-refractivity contribution in [2.75, 3.05) is 60.3 Å². The van der Waals surface area contributed by atoms with E-state index in [1.807, 2.05) is 0 Å². The molecule has 1 N–H and O–H groups in total. The number of quaternary nitrogens is 1. The summed E-state index contributed by atoms with van der Waals surface area (Å²) < 4.78 is 47.9. The lowest BCUT2D eigenvalue weighted by Gasteiger charge is -2.22. The van der Waals surface area contributed by atoms with Crippen LogP contribution in [-0.4, -0.2) is 82.2 Å². The summed E-state index contributed by atoms with van der Waals surface area (Å²) in [5, 5.41) is 8.80. The molecule has 0 aromatic carbocycles. The highest BCUT2D eigenvalue weighted by atomic mass is 31.2. The number of hydrogen-bond acceptors (Lipinski definition) is 6. The van der Waals surface area contributed by atoms with Crippen molar-refractivity contribution >= 4 is 13.6 Å². The van der Waals surface area contributed by atoms with Gasteiger partial charge in [-0.25, -0.2) is 0 Å². The van der Waals surface area contributed by atoms with Crippen molar-refractivity contribution in [1.82, 2.24) is 0 Å². The summed E-state index contributed by atoms with van der Waals surface area (Å²) in [5.74, 6) is -0.827. The van der Waals surface area contributed by atoms with Gasteiger partial charge >= 0.3 is 13.6 Å². The van der Waals surface area contributed by atoms with Crippen LogP contribution in [-0.2, 0) is 27.9 Å². The summed E-state index contributed by atoms with van der Waals surface area (Å²) in [6, 6.07) is 0. The Kier molecular flexibility index (Phi) is 28.5. The molecule has 2 atom stereocenters. The van der Waals surface area contributed by atoms with E-state index in [9.17, 15) is 13.8 Å². The molecule has 0 aliphatic carbocycles. The minimum Gasteiger partial charge on any atom is -0.481 e. The van der Waals surface area contributed by atoms with Gasteiger partial charge < -0.3 is 23.6 Å².